The number of rotatable bonds is 10. The van der Waals surface area contributed by atoms with Gasteiger partial charge in [-0.05, 0) is 73.2 Å². The van der Waals surface area contributed by atoms with Crippen LogP contribution < -0.4 is 14.4 Å². The standard InChI is InChI=1S/C28H34N2O4S/c1-20(2)18-26(23-14-16-24(34-5)17-15-23)29-28(31)19-30(27-13-9-10-21(3)22(27)4)35(32,33)25-11-7-6-8-12-25/h6-17,20,26H,18-19H2,1-5H3,(H,29,31)/t26-/m0/s1. The molecule has 186 valence electrons. The summed E-state index contributed by atoms with van der Waals surface area (Å²) < 4.78 is 33.8. The molecular weight excluding hydrogens is 460 g/mol. The molecule has 0 saturated carbocycles. The monoisotopic (exact) mass is 494 g/mol. The SMILES string of the molecule is COc1ccc([C@H](CC(C)C)NC(=O)CN(c2cccc(C)c2C)S(=O)(=O)c2ccccc2)cc1. The molecule has 1 N–H and O–H groups in total. The number of amides is 1. The van der Waals surface area contributed by atoms with Gasteiger partial charge >= 0.3 is 0 Å². The van der Waals surface area contributed by atoms with E-state index in [0.717, 1.165) is 22.4 Å². The van der Waals surface area contributed by atoms with Crippen LogP contribution in [0.15, 0.2) is 77.7 Å². The van der Waals surface area contributed by atoms with Crippen molar-refractivity contribution in [3.05, 3.63) is 89.5 Å². The van der Waals surface area contributed by atoms with Crippen molar-refractivity contribution in [3.63, 3.8) is 0 Å². The van der Waals surface area contributed by atoms with Crippen LogP contribution in [0.25, 0.3) is 0 Å². The minimum atomic E-state index is -3.96. The van der Waals surface area contributed by atoms with Crippen LogP contribution in [0.2, 0.25) is 0 Å². The first-order valence-electron chi connectivity index (χ1n) is 11.7. The Morgan fingerprint density at radius 2 is 1.60 bits per heavy atom. The third kappa shape index (κ3) is 6.42. The van der Waals surface area contributed by atoms with Crippen molar-refractivity contribution in [1.29, 1.82) is 0 Å². The zero-order valence-electron chi connectivity index (χ0n) is 21.0. The topological polar surface area (TPSA) is 75.7 Å². The molecule has 0 aliphatic rings. The van der Waals surface area contributed by atoms with Crippen LogP contribution >= 0.6 is 0 Å². The lowest BCUT2D eigenvalue weighted by Gasteiger charge is -2.28. The van der Waals surface area contributed by atoms with E-state index < -0.39 is 10.0 Å². The Balaban J connectivity index is 1.95. The van der Waals surface area contributed by atoms with Gasteiger partial charge in [0.1, 0.15) is 12.3 Å². The number of benzene rings is 3. The zero-order valence-corrected chi connectivity index (χ0v) is 21.8. The number of hydrogen-bond donors (Lipinski definition) is 1. The summed E-state index contributed by atoms with van der Waals surface area (Å²) in [7, 11) is -2.36. The summed E-state index contributed by atoms with van der Waals surface area (Å²) in [6.45, 7) is 7.64. The second-order valence-corrected chi connectivity index (χ2v) is 10.9. The summed E-state index contributed by atoms with van der Waals surface area (Å²) in [5.74, 6) is 0.691. The summed E-state index contributed by atoms with van der Waals surface area (Å²) in [6.07, 6.45) is 0.715. The summed E-state index contributed by atoms with van der Waals surface area (Å²) >= 11 is 0. The normalized spacial score (nSPS) is 12.3. The van der Waals surface area contributed by atoms with Gasteiger partial charge in [0.05, 0.1) is 23.7 Å². The number of sulfonamides is 1. The van der Waals surface area contributed by atoms with Crippen LogP contribution in [0.1, 0.15) is 43.0 Å². The van der Waals surface area contributed by atoms with Crippen LogP contribution in [0, 0.1) is 19.8 Å². The van der Waals surface area contributed by atoms with Gasteiger partial charge in [-0.25, -0.2) is 8.42 Å². The summed E-state index contributed by atoms with van der Waals surface area (Å²) in [5.41, 5.74) is 3.20. The molecule has 0 unspecified atom stereocenters. The van der Waals surface area contributed by atoms with E-state index in [4.69, 9.17) is 4.74 Å². The molecule has 0 fully saturated rings. The molecule has 0 spiro atoms. The van der Waals surface area contributed by atoms with Crippen LogP contribution in [0.4, 0.5) is 5.69 Å². The van der Waals surface area contributed by atoms with Gasteiger partial charge in [0.25, 0.3) is 10.0 Å². The second kappa shape index (κ2) is 11.4. The van der Waals surface area contributed by atoms with Crippen molar-refractivity contribution in [2.24, 2.45) is 5.92 Å². The largest absolute Gasteiger partial charge is 0.497 e. The van der Waals surface area contributed by atoms with Crippen molar-refractivity contribution < 1.29 is 17.9 Å². The Labute approximate surface area is 209 Å². The fraction of sp³-hybridized carbons (Fsp3) is 0.321. The van der Waals surface area contributed by atoms with Crippen molar-refractivity contribution in [2.75, 3.05) is 18.0 Å². The van der Waals surface area contributed by atoms with Crippen LogP contribution in [0.5, 0.6) is 5.75 Å². The zero-order chi connectivity index (χ0) is 25.6. The molecule has 3 aromatic rings. The number of hydrogen-bond acceptors (Lipinski definition) is 4. The lowest BCUT2D eigenvalue weighted by Crippen LogP contribution is -2.42. The van der Waals surface area contributed by atoms with Crippen LogP contribution in [0.3, 0.4) is 0 Å². The molecule has 0 saturated heterocycles. The Morgan fingerprint density at radius 3 is 2.20 bits per heavy atom. The van der Waals surface area contributed by atoms with Crippen LogP contribution in [-0.2, 0) is 14.8 Å². The lowest BCUT2D eigenvalue weighted by molar-refractivity contribution is -0.120. The molecule has 0 aromatic heterocycles. The van der Waals surface area contributed by atoms with Crippen molar-refractivity contribution in [3.8, 4) is 5.75 Å². The summed E-state index contributed by atoms with van der Waals surface area (Å²) in [5, 5.41) is 3.07. The maximum atomic E-state index is 13.7. The third-order valence-corrected chi connectivity index (χ3v) is 7.80. The maximum Gasteiger partial charge on any atom is 0.264 e. The molecule has 35 heavy (non-hydrogen) atoms. The number of methoxy groups -OCH3 is 1. The van der Waals surface area contributed by atoms with Gasteiger partial charge in [-0.3, -0.25) is 9.10 Å². The smallest absolute Gasteiger partial charge is 0.264 e. The van der Waals surface area contributed by atoms with Crippen molar-refractivity contribution in [2.45, 2.75) is 45.1 Å². The van der Waals surface area contributed by atoms with E-state index in [0.29, 0.717) is 18.0 Å². The number of ether oxygens (including phenoxy) is 1. The van der Waals surface area contributed by atoms with Gasteiger partial charge in [-0.15, -0.1) is 0 Å². The minimum absolute atomic E-state index is 0.141. The van der Waals surface area contributed by atoms with Gasteiger partial charge in [0, 0.05) is 0 Å². The van der Waals surface area contributed by atoms with Gasteiger partial charge < -0.3 is 10.1 Å². The minimum Gasteiger partial charge on any atom is -0.497 e. The van der Waals surface area contributed by atoms with Gasteiger partial charge in [0.15, 0.2) is 0 Å². The molecule has 0 heterocycles. The quantitative estimate of drug-likeness (QED) is 0.409. The van der Waals surface area contributed by atoms with E-state index >= 15 is 0 Å². The molecule has 3 rings (SSSR count). The average molecular weight is 495 g/mol. The highest BCUT2D eigenvalue weighted by Gasteiger charge is 2.29. The number of carbonyl (C=O) groups excluding carboxylic acids is 1. The van der Waals surface area contributed by atoms with E-state index in [2.05, 4.69) is 19.2 Å². The van der Waals surface area contributed by atoms with Gasteiger partial charge in [0.2, 0.25) is 5.91 Å². The predicted molar refractivity (Wildman–Crippen MR) is 140 cm³/mol. The first-order chi connectivity index (χ1) is 16.6. The predicted octanol–water partition coefficient (Wildman–Crippen LogP) is 5.41. The molecule has 0 bridgehead atoms. The number of nitrogens with zero attached hydrogens (tertiary/aromatic N) is 1. The molecule has 1 atom stereocenters. The summed E-state index contributed by atoms with van der Waals surface area (Å²) in [4.78, 5) is 13.5. The molecule has 3 aromatic carbocycles. The summed E-state index contributed by atoms with van der Waals surface area (Å²) in [6, 6.07) is 21.0. The molecule has 0 radical (unpaired) electrons. The first kappa shape index (κ1) is 26.3. The fourth-order valence-electron chi connectivity index (χ4n) is 3.98. The van der Waals surface area contributed by atoms with Crippen molar-refractivity contribution >= 4 is 21.6 Å². The Morgan fingerprint density at radius 1 is 0.943 bits per heavy atom. The highest BCUT2D eigenvalue weighted by atomic mass is 32.2. The van der Waals surface area contributed by atoms with E-state index in [1.54, 1.807) is 43.5 Å². The fourth-order valence-corrected chi connectivity index (χ4v) is 5.48. The van der Waals surface area contributed by atoms with Crippen molar-refractivity contribution in [1.82, 2.24) is 5.32 Å². The maximum absolute atomic E-state index is 13.7. The average Bonchev–Trinajstić information content (AvgIpc) is 2.84. The molecule has 0 aliphatic carbocycles. The number of carbonyl (C=O) groups is 1. The Kier molecular flexibility index (Phi) is 8.57. The second-order valence-electron chi connectivity index (χ2n) is 9.07. The number of nitrogens with one attached hydrogen (secondary N) is 1. The first-order valence-corrected chi connectivity index (χ1v) is 13.1. The van der Waals surface area contributed by atoms with E-state index in [9.17, 15) is 13.2 Å². The molecule has 7 heteroatoms. The Bertz CT molecular complexity index is 1240. The van der Waals surface area contributed by atoms with Crippen LogP contribution in [-0.4, -0.2) is 28.0 Å². The van der Waals surface area contributed by atoms with Gasteiger partial charge in [-0.2, -0.15) is 0 Å². The Hall–Kier alpha value is -3.32. The lowest BCUT2D eigenvalue weighted by atomic mass is 9.97. The number of anilines is 1. The number of aryl methyl sites for hydroxylation is 1. The molecule has 0 aliphatic heterocycles. The third-order valence-electron chi connectivity index (χ3n) is 6.02. The van der Waals surface area contributed by atoms with E-state index in [1.165, 1.54) is 4.31 Å². The van der Waals surface area contributed by atoms with Gasteiger partial charge in [-0.1, -0.05) is 56.3 Å². The van der Waals surface area contributed by atoms with E-state index in [1.807, 2.05) is 50.2 Å². The highest BCUT2D eigenvalue weighted by molar-refractivity contribution is 7.92. The van der Waals surface area contributed by atoms with E-state index in [-0.39, 0.29) is 23.4 Å². The molecule has 1 amide bonds. The molecular formula is C28H34N2O4S. The highest BCUT2D eigenvalue weighted by Crippen LogP contribution is 2.29. The molecule has 6 nitrogen and oxygen atoms in total.